The second kappa shape index (κ2) is 6.19. The van der Waals surface area contributed by atoms with Gasteiger partial charge in [-0.3, -0.25) is 0 Å². The molecule has 1 aromatic heterocycles. The molecule has 0 aliphatic heterocycles. The van der Waals surface area contributed by atoms with Gasteiger partial charge in [-0.05, 0) is 24.0 Å². The fourth-order valence-corrected chi connectivity index (χ4v) is 2.15. The molecule has 19 heavy (non-hydrogen) atoms. The van der Waals surface area contributed by atoms with Gasteiger partial charge in [-0.2, -0.15) is 5.26 Å². The number of hydrogen-bond donors (Lipinski definition) is 1. The monoisotopic (exact) mass is 253 g/mol. The van der Waals surface area contributed by atoms with Crippen LogP contribution in [0.5, 0.6) is 0 Å². The summed E-state index contributed by atoms with van der Waals surface area (Å²) < 4.78 is 0. The van der Waals surface area contributed by atoms with Crippen molar-refractivity contribution in [1.29, 1.82) is 5.26 Å². The summed E-state index contributed by atoms with van der Waals surface area (Å²) in [7, 11) is 0. The Morgan fingerprint density at radius 1 is 1.26 bits per heavy atom. The molecule has 0 fully saturated rings. The summed E-state index contributed by atoms with van der Waals surface area (Å²) >= 11 is 0. The number of nitrogens with one attached hydrogen (secondary N) is 1. The molecule has 0 spiro atoms. The number of imidazole rings is 1. The van der Waals surface area contributed by atoms with Gasteiger partial charge in [0.05, 0.1) is 18.0 Å². The van der Waals surface area contributed by atoms with E-state index in [1.54, 1.807) is 0 Å². The van der Waals surface area contributed by atoms with Crippen molar-refractivity contribution in [3.63, 3.8) is 0 Å². The first-order valence-electron chi connectivity index (χ1n) is 6.82. The lowest BCUT2D eigenvalue weighted by atomic mass is 10.1. The first-order chi connectivity index (χ1) is 9.28. The van der Waals surface area contributed by atoms with E-state index in [9.17, 15) is 0 Å². The SMILES string of the molecule is CCCc1ccc(-c2cnc(C(C#N)CC)[nH]2)cc1. The van der Waals surface area contributed by atoms with Gasteiger partial charge < -0.3 is 4.98 Å². The molecule has 3 heteroatoms. The van der Waals surface area contributed by atoms with Crippen LogP contribution in [0.3, 0.4) is 0 Å². The molecule has 0 aliphatic rings. The topological polar surface area (TPSA) is 52.5 Å². The van der Waals surface area contributed by atoms with Crippen LogP contribution in [0.15, 0.2) is 30.5 Å². The second-order valence-electron chi connectivity index (χ2n) is 4.72. The lowest BCUT2D eigenvalue weighted by Gasteiger charge is -2.02. The number of nitriles is 1. The number of nitrogens with zero attached hydrogens (tertiary/aromatic N) is 2. The Labute approximate surface area is 114 Å². The van der Waals surface area contributed by atoms with Gasteiger partial charge in [0.25, 0.3) is 0 Å². The first kappa shape index (κ1) is 13.4. The molecular formula is C16H19N3. The van der Waals surface area contributed by atoms with E-state index in [1.165, 1.54) is 5.56 Å². The fraction of sp³-hybridized carbons (Fsp3) is 0.375. The molecule has 1 atom stereocenters. The average Bonchev–Trinajstić information content (AvgIpc) is 2.91. The normalized spacial score (nSPS) is 12.1. The number of aromatic amines is 1. The molecule has 0 saturated heterocycles. The zero-order chi connectivity index (χ0) is 13.7. The summed E-state index contributed by atoms with van der Waals surface area (Å²) in [6, 6.07) is 10.8. The van der Waals surface area contributed by atoms with Crippen LogP contribution in [0.1, 0.15) is 44.0 Å². The van der Waals surface area contributed by atoms with E-state index in [2.05, 4.69) is 47.2 Å². The zero-order valence-corrected chi connectivity index (χ0v) is 11.5. The highest BCUT2D eigenvalue weighted by Gasteiger charge is 2.12. The molecule has 3 nitrogen and oxygen atoms in total. The Balaban J connectivity index is 2.20. The van der Waals surface area contributed by atoms with E-state index in [-0.39, 0.29) is 5.92 Å². The minimum atomic E-state index is -0.145. The molecule has 2 aromatic rings. The summed E-state index contributed by atoms with van der Waals surface area (Å²) in [6.45, 7) is 4.18. The highest BCUT2D eigenvalue weighted by atomic mass is 14.9. The van der Waals surface area contributed by atoms with Crippen LogP contribution in [0.25, 0.3) is 11.3 Å². The zero-order valence-electron chi connectivity index (χ0n) is 11.5. The summed E-state index contributed by atoms with van der Waals surface area (Å²) in [4.78, 5) is 7.56. The van der Waals surface area contributed by atoms with Crippen molar-refractivity contribution in [2.75, 3.05) is 0 Å². The molecule has 1 unspecified atom stereocenters. The molecule has 2 rings (SSSR count). The molecule has 1 heterocycles. The molecule has 98 valence electrons. The van der Waals surface area contributed by atoms with Crippen LogP contribution in [0, 0.1) is 11.3 Å². The van der Waals surface area contributed by atoms with Gasteiger partial charge in [0, 0.05) is 0 Å². The number of rotatable bonds is 5. The van der Waals surface area contributed by atoms with Crippen LogP contribution >= 0.6 is 0 Å². The summed E-state index contributed by atoms with van der Waals surface area (Å²) in [6.07, 6.45) is 4.86. The number of hydrogen-bond acceptors (Lipinski definition) is 2. The van der Waals surface area contributed by atoms with Crippen molar-refractivity contribution in [3.05, 3.63) is 41.9 Å². The minimum absolute atomic E-state index is 0.145. The Bertz CT molecular complexity index is 560. The quantitative estimate of drug-likeness (QED) is 0.874. The molecule has 0 radical (unpaired) electrons. The predicted molar refractivity (Wildman–Crippen MR) is 76.7 cm³/mol. The van der Waals surface area contributed by atoms with Crippen molar-refractivity contribution in [2.24, 2.45) is 0 Å². The third-order valence-corrected chi connectivity index (χ3v) is 3.29. The van der Waals surface area contributed by atoms with E-state index in [0.29, 0.717) is 0 Å². The third-order valence-electron chi connectivity index (χ3n) is 3.29. The molecule has 1 aromatic carbocycles. The summed E-state index contributed by atoms with van der Waals surface area (Å²) in [5, 5.41) is 9.04. The highest BCUT2D eigenvalue weighted by molar-refractivity contribution is 5.59. The Hall–Kier alpha value is -2.08. The predicted octanol–water partition coefficient (Wildman–Crippen LogP) is 4.05. The van der Waals surface area contributed by atoms with Crippen LogP contribution in [0.2, 0.25) is 0 Å². The van der Waals surface area contributed by atoms with Gasteiger partial charge >= 0.3 is 0 Å². The van der Waals surface area contributed by atoms with Crippen LogP contribution < -0.4 is 0 Å². The number of aromatic nitrogens is 2. The lowest BCUT2D eigenvalue weighted by molar-refractivity contribution is 0.766. The van der Waals surface area contributed by atoms with E-state index in [4.69, 9.17) is 5.26 Å². The van der Waals surface area contributed by atoms with Crippen molar-refractivity contribution >= 4 is 0 Å². The van der Waals surface area contributed by atoms with Gasteiger partial charge in [-0.25, -0.2) is 4.98 Å². The molecule has 0 aliphatic carbocycles. The van der Waals surface area contributed by atoms with Crippen molar-refractivity contribution in [3.8, 4) is 17.3 Å². The van der Waals surface area contributed by atoms with Gasteiger partial charge in [-0.1, -0.05) is 44.5 Å². The Morgan fingerprint density at radius 3 is 2.58 bits per heavy atom. The first-order valence-corrected chi connectivity index (χ1v) is 6.82. The second-order valence-corrected chi connectivity index (χ2v) is 4.72. The van der Waals surface area contributed by atoms with E-state index < -0.39 is 0 Å². The highest BCUT2D eigenvalue weighted by Crippen LogP contribution is 2.22. The van der Waals surface area contributed by atoms with Crippen molar-refractivity contribution < 1.29 is 0 Å². The van der Waals surface area contributed by atoms with E-state index in [0.717, 1.165) is 36.3 Å². The summed E-state index contributed by atoms with van der Waals surface area (Å²) in [5.41, 5.74) is 3.45. The molecular weight excluding hydrogens is 234 g/mol. The lowest BCUT2D eigenvalue weighted by Crippen LogP contribution is -1.95. The number of aryl methyl sites for hydroxylation is 1. The van der Waals surface area contributed by atoms with E-state index >= 15 is 0 Å². The van der Waals surface area contributed by atoms with Crippen molar-refractivity contribution in [2.45, 2.75) is 39.0 Å². The molecule has 0 saturated carbocycles. The van der Waals surface area contributed by atoms with Crippen LogP contribution in [0.4, 0.5) is 0 Å². The molecule has 0 bridgehead atoms. The van der Waals surface area contributed by atoms with Gasteiger partial charge in [0.2, 0.25) is 0 Å². The largest absolute Gasteiger partial charge is 0.341 e. The number of benzene rings is 1. The Morgan fingerprint density at radius 2 is 2.00 bits per heavy atom. The van der Waals surface area contributed by atoms with Crippen LogP contribution in [-0.2, 0) is 6.42 Å². The average molecular weight is 253 g/mol. The summed E-state index contributed by atoms with van der Waals surface area (Å²) in [5.74, 6) is 0.616. The Kier molecular flexibility index (Phi) is 4.35. The van der Waals surface area contributed by atoms with E-state index in [1.807, 2.05) is 13.1 Å². The van der Waals surface area contributed by atoms with Crippen molar-refractivity contribution in [1.82, 2.24) is 9.97 Å². The molecule has 1 N–H and O–H groups in total. The van der Waals surface area contributed by atoms with Gasteiger partial charge in [-0.15, -0.1) is 0 Å². The number of H-pyrrole nitrogens is 1. The maximum Gasteiger partial charge on any atom is 0.123 e. The standard InChI is InChI=1S/C16H19N3/c1-3-5-12-6-8-14(9-7-12)15-11-18-16(19-15)13(4-2)10-17/h6-9,11,13H,3-5H2,1-2H3,(H,18,19). The smallest absolute Gasteiger partial charge is 0.123 e. The maximum absolute atomic E-state index is 9.04. The van der Waals surface area contributed by atoms with Crippen LogP contribution in [-0.4, -0.2) is 9.97 Å². The van der Waals surface area contributed by atoms with Gasteiger partial charge in [0.15, 0.2) is 0 Å². The third kappa shape index (κ3) is 3.03. The maximum atomic E-state index is 9.04. The molecule has 0 amide bonds. The fourth-order valence-electron chi connectivity index (χ4n) is 2.15. The minimum Gasteiger partial charge on any atom is -0.341 e. The van der Waals surface area contributed by atoms with Gasteiger partial charge in [0.1, 0.15) is 11.7 Å².